The summed E-state index contributed by atoms with van der Waals surface area (Å²) in [5, 5.41) is 9.87. The number of benzene rings is 1. The van der Waals surface area contributed by atoms with Crippen molar-refractivity contribution in [1.29, 1.82) is 0 Å². The molecular formula is C19H22O5. The molecule has 1 aliphatic heterocycles. The van der Waals surface area contributed by atoms with Crippen molar-refractivity contribution in [2.75, 3.05) is 0 Å². The molecule has 2 rings (SSSR count). The minimum absolute atomic E-state index is 0.0865. The van der Waals surface area contributed by atoms with Crippen LogP contribution in [0.2, 0.25) is 0 Å². The molecule has 0 aliphatic carbocycles. The van der Waals surface area contributed by atoms with Crippen LogP contribution in [0.25, 0.3) is 0 Å². The first-order valence-corrected chi connectivity index (χ1v) is 8.10. The van der Waals surface area contributed by atoms with E-state index in [0.717, 1.165) is 5.56 Å². The normalized spacial score (nSPS) is 20.4. The Morgan fingerprint density at radius 3 is 2.75 bits per heavy atom. The summed E-state index contributed by atoms with van der Waals surface area (Å²) in [4.78, 5) is 35.6. The minimum atomic E-state index is -1.06. The van der Waals surface area contributed by atoms with Gasteiger partial charge in [0.05, 0.1) is 6.10 Å². The van der Waals surface area contributed by atoms with Gasteiger partial charge in [0.15, 0.2) is 11.9 Å². The highest BCUT2D eigenvalue weighted by molar-refractivity contribution is 5.88. The number of allylic oxidation sites excluding steroid dienone is 2. The van der Waals surface area contributed by atoms with Gasteiger partial charge in [-0.2, -0.15) is 0 Å². The van der Waals surface area contributed by atoms with Gasteiger partial charge in [-0.25, -0.2) is 0 Å². The average molecular weight is 330 g/mol. The lowest BCUT2D eigenvalue weighted by Crippen LogP contribution is -2.25. The molecule has 1 aromatic rings. The lowest BCUT2D eigenvalue weighted by molar-refractivity contribution is -0.156. The van der Waals surface area contributed by atoms with Crippen LogP contribution < -0.4 is 0 Å². The van der Waals surface area contributed by atoms with Crippen LogP contribution in [-0.2, 0) is 25.5 Å². The maximum Gasteiger partial charge on any atom is 0.307 e. The topological polar surface area (TPSA) is 80.7 Å². The molecule has 1 aromatic carbocycles. The molecule has 24 heavy (non-hydrogen) atoms. The summed E-state index contributed by atoms with van der Waals surface area (Å²) in [5.74, 6) is -1.03. The second kappa shape index (κ2) is 8.55. The summed E-state index contributed by atoms with van der Waals surface area (Å²) in [6, 6.07) is 7.31. The monoisotopic (exact) mass is 330 g/mol. The van der Waals surface area contributed by atoms with Crippen molar-refractivity contribution < 1.29 is 24.2 Å². The zero-order chi connectivity index (χ0) is 17.5. The third-order valence-corrected chi connectivity index (χ3v) is 3.86. The van der Waals surface area contributed by atoms with Crippen LogP contribution in [0.15, 0.2) is 36.4 Å². The first-order chi connectivity index (χ1) is 11.5. The molecule has 5 heteroatoms. The quantitative estimate of drug-likeness (QED) is 0.662. The third kappa shape index (κ3) is 5.13. The van der Waals surface area contributed by atoms with E-state index in [4.69, 9.17) is 4.74 Å². The van der Waals surface area contributed by atoms with Crippen LogP contribution >= 0.6 is 0 Å². The summed E-state index contributed by atoms with van der Waals surface area (Å²) in [6.07, 6.45) is 2.91. The van der Waals surface area contributed by atoms with Gasteiger partial charge in [-0.15, -0.1) is 0 Å². The van der Waals surface area contributed by atoms with E-state index >= 15 is 0 Å². The molecule has 1 N–H and O–H groups in total. The van der Waals surface area contributed by atoms with Crippen LogP contribution in [0.3, 0.4) is 0 Å². The Morgan fingerprint density at radius 1 is 1.25 bits per heavy atom. The number of fused-ring (bicyclic) bond motifs is 1. The molecule has 2 atom stereocenters. The number of esters is 1. The van der Waals surface area contributed by atoms with E-state index < -0.39 is 24.0 Å². The second-order valence-electron chi connectivity index (χ2n) is 6.01. The molecule has 0 spiro atoms. The number of hydrogen-bond acceptors (Lipinski definition) is 5. The van der Waals surface area contributed by atoms with E-state index in [9.17, 15) is 19.5 Å². The predicted molar refractivity (Wildman–Crippen MR) is 88.3 cm³/mol. The van der Waals surface area contributed by atoms with E-state index in [1.54, 1.807) is 12.1 Å². The molecular weight excluding hydrogens is 308 g/mol. The number of rotatable bonds is 5. The zero-order valence-electron chi connectivity index (χ0n) is 13.7. The first kappa shape index (κ1) is 18.1. The van der Waals surface area contributed by atoms with Crippen molar-refractivity contribution in [3.8, 4) is 0 Å². The molecule has 1 aliphatic rings. The lowest BCUT2D eigenvalue weighted by atomic mass is 9.94. The summed E-state index contributed by atoms with van der Waals surface area (Å²) in [5.41, 5.74) is 1.54. The molecule has 0 bridgehead atoms. The number of ketones is 2. The SMILES string of the molecule is CC(=O)C[C@H](O)CC(=O)[C@@H]1OC(=O)CC/C=C\Cc2ccccc21. The van der Waals surface area contributed by atoms with Crippen molar-refractivity contribution in [1.82, 2.24) is 0 Å². The number of Topliss-reactive ketones (excluding diaryl/α,β-unsaturated/α-hetero) is 2. The largest absolute Gasteiger partial charge is 0.449 e. The van der Waals surface area contributed by atoms with Crippen LogP contribution in [-0.4, -0.2) is 28.7 Å². The first-order valence-electron chi connectivity index (χ1n) is 8.10. The van der Waals surface area contributed by atoms with Gasteiger partial charge in [0.25, 0.3) is 0 Å². The number of carbonyl (C=O) groups is 3. The second-order valence-corrected chi connectivity index (χ2v) is 6.01. The highest BCUT2D eigenvalue weighted by Crippen LogP contribution is 2.27. The van der Waals surface area contributed by atoms with Gasteiger partial charge >= 0.3 is 5.97 Å². The van der Waals surface area contributed by atoms with Gasteiger partial charge in [0, 0.05) is 24.8 Å². The van der Waals surface area contributed by atoms with E-state index in [1.807, 2.05) is 24.3 Å². The molecule has 128 valence electrons. The Morgan fingerprint density at radius 2 is 2.00 bits per heavy atom. The Labute approximate surface area is 141 Å². The van der Waals surface area contributed by atoms with E-state index in [1.165, 1.54) is 6.92 Å². The maximum absolute atomic E-state index is 12.6. The van der Waals surface area contributed by atoms with Crippen molar-refractivity contribution in [2.24, 2.45) is 0 Å². The summed E-state index contributed by atoms with van der Waals surface area (Å²) < 4.78 is 5.40. The third-order valence-electron chi connectivity index (χ3n) is 3.86. The molecule has 0 unspecified atom stereocenters. The van der Waals surface area contributed by atoms with Gasteiger partial charge in [-0.1, -0.05) is 36.4 Å². The van der Waals surface area contributed by atoms with Crippen LogP contribution in [0.5, 0.6) is 0 Å². The Balaban J connectivity index is 2.27. The zero-order valence-corrected chi connectivity index (χ0v) is 13.7. The van der Waals surface area contributed by atoms with Gasteiger partial charge in [0.1, 0.15) is 5.78 Å². The number of hydrogen-bond donors (Lipinski definition) is 1. The highest BCUT2D eigenvalue weighted by Gasteiger charge is 2.28. The van der Waals surface area contributed by atoms with Crippen molar-refractivity contribution in [2.45, 2.75) is 51.2 Å². The number of carbonyl (C=O) groups excluding carboxylic acids is 3. The van der Waals surface area contributed by atoms with E-state index in [0.29, 0.717) is 18.4 Å². The fourth-order valence-electron chi connectivity index (χ4n) is 2.74. The molecule has 1 heterocycles. The van der Waals surface area contributed by atoms with Crippen LogP contribution in [0, 0.1) is 0 Å². The van der Waals surface area contributed by atoms with Gasteiger partial charge < -0.3 is 9.84 Å². The molecule has 0 saturated carbocycles. The van der Waals surface area contributed by atoms with Gasteiger partial charge in [0.2, 0.25) is 0 Å². The minimum Gasteiger partial charge on any atom is -0.449 e. The molecule has 0 aromatic heterocycles. The van der Waals surface area contributed by atoms with Crippen molar-refractivity contribution in [3.63, 3.8) is 0 Å². The highest BCUT2D eigenvalue weighted by atomic mass is 16.5. The predicted octanol–water partition coefficient (Wildman–Crippen LogP) is 2.46. The Bertz CT molecular complexity index is 647. The Hall–Kier alpha value is -2.27. The smallest absolute Gasteiger partial charge is 0.307 e. The fraction of sp³-hybridized carbons (Fsp3) is 0.421. The molecule has 5 nitrogen and oxygen atoms in total. The van der Waals surface area contributed by atoms with Crippen molar-refractivity contribution >= 4 is 17.5 Å². The lowest BCUT2D eigenvalue weighted by Gasteiger charge is -2.21. The fourth-order valence-corrected chi connectivity index (χ4v) is 2.74. The van der Waals surface area contributed by atoms with Crippen LogP contribution in [0.1, 0.15) is 49.8 Å². The molecule has 0 fully saturated rings. The summed E-state index contributed by atoms with van der Waals surface area (Å²) in [7, 11) is 0. The van der Waals surface area contributed by atoms with Crippen LogP contribution in [0.4, 0.5) is 0 Å². The van der Waals surface area contributed by atoms with Crippen molar-refractivity contribution in [3.05, 3.63) is 47.5 Å². The number of aliphatic hydroxyl groups excluding tert-OH is 1. The molecule has 0 radical (unpaired) electrons. The summed E-state index contributed by atoms with van der Waals surface area (Å²) in [6.45, 7) is 1.36. The standard InChI is InChI=1S/C19H22O5/c1-13(20)11-15(21)12-17(22)19-16-9-6-5-8-14(16)7-3-2-4-10-18(23)24-19/h2-3,5-6,8-9,15,19,21H,4,7,10-12H2,1H3/b3-2-/t15-,19+/m0/s1. The van der Waals surface area contributed by atoms with E-state index in [-0.39, 0.29) is 25.0 Å². The average Bonchev–Trinajstić information content (AvgIpc) is 2.52. The van der Waals surface area contributed by atoms with Gasteiger partial charge in [-0.3, -0.25) is 14.4 Å². The molecule has 0 saturated heterocycles. The summed E-state index contributed by atoms with van der Waals surface area (Å²) >= 11 is 0. The maximum atomic E-state index is 12.6. The van der Waals surface area contributed by atoms with E-state index in [2.05, 4.69) is 0 Å². The molecule has 0 amide bonds. The number of cyclic esters (lactones) is 1. The Kier molecular flexibility index (Phi) is 6.44. The van der Waals surface area contributed by atoms with Gasteiger partial charge in [-0.05, 0) is 25.3 Å². The number of ether oxygens (including phenoxy) is 1. The number of aliphatic hydroxyl groups is 1.